The molecule has 130 valence electrons. The maximum Gasteiger partial charge on any atom is 0.0965 e. The highest BCUT2D eigenvalue weighted by Gasteiger charge is 2.56. The van der Waals surface area contributed by atoms with Crippen LogP contribution in [0.3, 0.4) is 0 Å². The number of nitrogens with zero attached hydrogens (tertiary/aromatic N) is 1. The van der Waals surface area contributed by atoms with Gasteiger partial charge in [0, 0.05) is 6.54 Å². The normalized spacial score (nSPS) is 38.1. The van der Waals surface area contributed by atoms with Gasteiger partial charge >= 0.3 is 0 Å². The number of ether oxygens (including phenoxy) is 1. The second-order valence-electron chi connectivity index (χ2n) is 8.57. The maximum atomic E-state index is 6.87. The van der Waals surface area contributed by atoms with Crippen LogP contribution in [0.25, 0.3) is 0 Å². The molecule has 0 amide bonds. The van der Waals surface area contributed by atoms with Crippen LogP contribution in [0.2, 0.25) is 0 Å². The fourth-order valence-electron chi connectivity index (χ4n) is 6.54. The number of likely N-dealkylation sites (tertiary alicyclic amines) is 1. The van der Waals surface area contributed by atoms with Crippen LogP contribution in [0.1, 0.15) is 68.4 Å². The fourth-order valence-corrected chi connectivity index (χ4v) is 6.54. The van der Waals surface area contributed by atoms with Gasteiger partial charge in [0.1, 0.15) is 0 Å². The van der Waals surface area contributed by atoms with Crippen molar-refractivity contribution in [3.63, 3.8) is 0 Å². The molecule has 0 N–H and O–H groups in total. The van der Waals surface area contributed by atoms with Gasteiger partial charge in [-0.1, -0.05) is 37.1 Å². The Hall–Kier alpha value is -0.860. The number of fused-ring (bicyclic) bond motifs is 1. The van der Waals surface area contributed by atoms with E-state index in [9.17, 15) is 0 Å². The molecule has 0 spiro atoms. The van der Waals surface area contributed by atoms with E-state index in [-0.39, 0.29) is 5.60 Å². The van der Waals surface area contributed by atoms with Crippen molar-refractivity contribution in [3.05, 3.63) is 35.4 Å². The minimum atomic E-state index is 0.0379. The summed E-state index contributed by atoms with van der Waals surface area (Å²) in [4.78, 5) is 2.59. The average Bonchev–Trinajstić information content (AvgIpc) is 3.16. The van der Waals surface area contributed by atoms with E-state index < -0.39 is 0 Å². The molecule has 2 nitrogen and oxygen atoms in total. The zero-order chi connectivity index (χ0) is 16.0. The van der Waals surface area contributed by atoms with Gasteiger partial charge in [0.15, 0.2) is 0 Å². The van der Waals surface area contributed by atoms with E-state index in [2.05, 4.69) is 29.2 Å². The average molecular weight is 325 g/mol. The fraction of sp³-hybridized carbons (Fsp3) is 0.727. The zero-order valence-corrected chi connectivity index (χ0v) is 14.9. The summed E-state index contributed by atoms with van der Waals surface area (Å²) in [6, 6.07) is 9.28. The molecular weight excluding hydrogens is 294 g/mol. The highest BCUT2D eigenvalue weighted by Crippen LogP contribution is 2.63. The minimum Gasteiger partial charge on any atom is -0.369 e. The first-order chi connectivity index (χ1) is 11.9. The molecule has 0 aromatic heterocycles. The third-order valence-electron chi connectivity index (χ3n) is 7.54. The highest BCUT2D eigenvalue weighted by atomic mass is 16.5. The van der Waals surface area contributed by atoms with Gasteiger partial charge in [0.2, 0.25) is 0 Å². The molecule has 1 aromatic rings. The lowest BCUT2D eigenvalue weighted by molar-refractivity contribution is -0.162. The predicted molar refractivity (Wildman–Crippen MR) is 97.2 cm³/mol. The van der Waals surface area contributed by atoms with E-state index in [1.54, 1.807) is 11.1 Å². The SMILES string of the molecule is c1ccc2c(c1)C1CCC2(OCCN2CCCC2)C2CCCCC12. The van der Waals surface area contributed by atoms with Crippen molar-refractivity contribution in [3.8, 4) is 0 Å². The van der Waals surface area contributed by atoms with Crippen LogP contribution in [0, 0.1) is 11.8 Å². The van der Waals surface area contributed by atoms with Crippen LogP contribution in [0.5, 0.6) is 0 Å². The Morgan fingerprint density at radius 2 is 1.83 bits per heavy atom. The summed E-state index contributed by atoms with van der Waals surface area (Å²) >= 11 is 0. The van der Waals surface area contributed by atoms with Crippen LogP contribution < -0.4 is 0 Å². The van der Waals surface area contributed by atoms with Gasteiger partial charge in [-0.05, 0) is 80.5 Å². The smallest absolute Gasteiger partial charge is 0.0965 e. The van der Waals surface area contributed by atoms with Crippen molar-refractivity contribution in [2.24, 2.45) is 11.8 Å². The molecule has 2 saturated carbocycles. The standard InChI is InChI=1S/C22H31NO/c1-3-9-20-18(7-1)17-11-12-22(20,21-10-4-2-8-19(17)21)24-16-15-23-13-5-6-14-23/h1,3,7,9,17,19,21H,2,4-6,8,10-16H2. The van der Waals surface area contributed by atoms with Gasteiger partial charge in [-0.25, -0.2) is 0 Å². The summed E-state index contributed by atoms with van der Waals surface area (Å²) in [5.74, 6) is 2.48. The second kappa shape index (κ2) is 6.14. The van der Waals surface area contributed by atoms with Gasteiger partial charge < -0.3 is 9.64 Å². The van der Waals surface area contributed by atoms with Gasteiger partial charge in [-0.15, -0.1) is 0 Å². The van der Waals surface area contributed by atoms with Crippen molar-refractivity contribution in [2.75, 3.05) is 26.2 Å². The van der Waals surface area contributed by atoms with E-state index in [4.69, 9.17) is 4.74 Å². The molecule has 2 bridgehead atoms. The first-order valence-corrected chi connectivity index (χ1v) is 10.3. The molecule has 4 atom stereocenters. The lowest BCUT2D eigenvalue weighted by Gasteiger charge is -2.58. The van der Waals surface area contributed by atoms with Crippen LogP contribution in [-0.2, 0) is 10.3 Å². The molecule has 2 heteroatoms. The summed E-state index contributed by atoms with van der Waals surface area (Å²) in [7, 11) is 0. The van der Waals surface area contributed by atoms with Crippen LogP contribution in [0.4, 0.5) is 0 Å². The molecule has 4 unspecified atom stereocenters. The molecule has 5 aliphatic rings. The Labute approximate surface area is 146 Å². The second-order valence-corrected chi connectivity index (χ2v) is 8.57. The zero-order valence-electron chi connectivity index (χ0n) is 14.9. The lowest BCUT2D eigenvalue weighted by Crippen LogP contribution is -2.53. The third-order valence-corrected chi connectivity index (χ3v) is 7.54. The molecule has 1 aliphatic heterocycles. The molecule has 1 heterocycles. The Morgan fingerprint density at radius 1 is 1.00 bits per heavy atom. The van der Waals surface area contributed by atoms with Crippen LogP contribution >= 0.6 is 0 Å². The topological polar surface area (TPSA) is 12.5 Å². The quantitative estimate of drug-likeness (QED) is 0.796. The summed E-state index contributed by atoms with van der Waals surface area (Å²) in [6.07, 6.45) is 11.0. The molecular formula is C22H31NO. The first kappa shape index (κ1) is 15.4. The van der Waals surface area contributed by atoms with Gasteiger partial charge in [0.05, 0.1) is 12.2 Å². The van der Waals surface area contributed by atoms with Crippen molar-refractivity contribution < 1.29 is 4.74 Å². The minimum absolute atomic E-state index is 0.0379. The first-order valence-electron chi connectivity index (χ1n) is 10.3. The Bertz CT molecular complexity index is 593. The van der Waals surface area contributed by atoms with Gasteiger partial charge in [0.25, 0.3) is 0 Å². The summed E-state index contributed by atoms with van der Waals surface area (Å²) in [6.45, 7) is 4.61. The highest BCUT2D eigenvalue weighted by molar-refractivity contribution is 5.42. The van der Waals surface area contributed by atoms with E-state index in [1.165, 1.54) is 64.5 Å². The maximum absolute atomic E-state index is 6.87. The van der Waals surface area contributed by atoms with E-state index >= 15 is 0 Å². The summed E-state index contributed by atoms with van der Waals surface area (Å²) < 4.78 is 6.87. The largest absolute Gasteiger partial charge is 0.369 e. The molecule has 4 aliphatic carbocycles. The van der Waals surface area contributed by atoms with E-state index in [1.807, 2.05) is 0 Å². The monoisotopic (exact) mass is 325 g/mol. The Morgan fingerprint density at radius 3 is 2.75 bits per heavy atom. The Kier molecular flexibility index (Phi) is 3.94. The van der Waals surface area contributed by atoms with Crippen molar-refractivity contribution >= 4 is 0 Å². The molecule has 6 rings (SSSR count). The number of benzene rings is 1. The predicted octanol–water partition coefficient (Wildman–Crippen LogP) is 4.69. The number of rotatable bonds is 4. The molecule has 0 radical (unpaired) electrons. The van der Waals surface area contributed by atoms with Crippen LogP contribution in [-0.4, -0.2) is 31.1 Å². The number of hydrogen-bond acceptors (Lipinski definition) is 2. The van der Waals surface area contributed by atoms with E-state index in [0.717, 1.165) is 30.9 Å². The molecule has 3 fully saturated rings. The summed E-state index contributed by atoms with van der Waals surface area (Å²) in [5.41, 5.74) is 3.23. The molecule has 1 aromatic carbocycles. The molecule has 1 saturated heterocycles. The van der Waals surface area contributed by atoms with Crippen LogP contribution in [0.15, 0.2) is 24.3 Å². The van der Waals surface area contributed by atoms with E-state index in [0.29, 0.717) is 0 Å². The van der Waals surface area contributed by atoms with Crippen molar-refractivity contribution in [1.29, 1.82) is 0 Å². The number of hydrogen-bond donors (Lipinski definition) is 0. The Balaban J connectivity index is 1.44. The lowest BCUT2D eigenvalue weighted by atomic mass is 9.50. The van der Waals surface area contributed by atoms with Gasteiger partial charge in [-0.2, -0.15) is 0 Å². The summed E-state index contributed by atoms with van der Waals surface area (Å²) in [5, 5.41) is 0. The van der Waals surface area contributed by atoms with Gasteiger partial charge in [-0.3, -0.25) is 0 Å². The molecule has 24 heavy (non-hydrogen) atoms. The van der Waals surface area contributed by atoms with Crippen molar-refractivity contribution in [2.45, 2.75) is 62.9 Å². The van der Waals surface area contributed by atoms with Crippen molar-refractivity contribution in [1.82, 2.24) is 4.90 Å². The third kappa shape index (κ3) is 2.29.